The van der Waals surface area contributed by atoms with E-state index in [0.29, 0.717) is 5.56 Å². The molecule has 0 aromatic heterocycles. The highest BCUT2D eigenvalue weighted by atomic mass is 16.1. The highest BCUT2D eigenvalue weighted by Gasteiger charge is 1.94. The molecule has 3 nitrogen and oxygen atoms in total. The topological polar surface area (TPSA) is 32.3 Å². The van der Waals surface area contributed by atoms with Gasteiger partial charge in [-0.2, -0.15) is 0 Å². The largest absolute Gasteiger partial charge is 0.384 e. The minimum atomic E-state index is 0.708. The molecule has 14 heavy (non-hydrogen) atoms. The Bertz CT molecular complexity index is 297. The van der Waals surface area contributed by atoms with Crippen LogP contribution in [0.5, 0.6) is 0 Å². The van der Waals surface area contributed by atoms with Crippen molar-refractivity contribution in [2.24, 2.45) is 0 Å². The summed E-state index contributed by atoms with van der Waals surface area (Å²) in [5.41, 5.74) is 1.70. The fourth-order valence-electron chi connectivity index (χ4n) is 1.15. The summed E-state index contributed by atoms with van der Waals surface area (Å²) in [5.74, 6) is 0. The molecule has 0 spiro atoms. The zero-order valence-corrected chi connectivity index (χ0v) is 8.66. The standard InChI is InChI=1S/C11H16N2O/c1-13(2)7-6-12-11-5-3-4-10(8-11)9-14/h3-5,8-9,12H,6-7H2,1-2H3. The quantitative estimate of drug-likeness (QED) is 0.717. The summed E-state index contributed by atoms with van der Waals surface area (Å²) in [6.07, 6.45) is 0.858. The van der Waals surface area contributed by atoms with Crippen molar-refractivity contribution in [2.45, 2.75) is 0 Å². The second kappa shape index (κ2) is 5.40. The Morgan fingerprint density at radius 2 is 2.21 bits per heavy atom. The van der Waals surface area contributed by atoms with Crippen molar-refractivity contribution in [3.63, 3.8) is 0 Å². The first-order valence-corrected chi connectivity index (χ1v) is 4.66. The summed E-state index contributed by atoms with van der Waals surface area (Å²) in [7, 11) is 4.06. The van der Waals surface area contributed by atoms with Crippen molar-refractivity contribution in [1.82, 2.24) is 4.90 Å². The molecule has 0 saturated heterocycles. The van der Waals surface area contributed by atoms with Crippen LogP contribution in [0.4, 0.5) is 5.69 Å². The van der Waals surface area contributed by atoms with Crippen molar-refractivity contribution < 1.29 is 4.79 Å². The van der Waals surface area contributed by atoms with Crippen molar-refractivity contribution in [3.8, 4) is 0 Å². The van der Waals surface area contributed by atoms with Gasteiger partial charge in [0.2, 0.25) is 0 Å². The van der Waals surface area contributed by atoms with E-state index in [2.05, 4.69) is 10.2 Å². The van der Waals surface area contributed by atoms with E-state index < -0.39 is 0 Å². The van der Waals surface area contributed by atoms with Crippen LogP contribution in [-0.2, 0) is 0 Å². The third-order valence-electron chi connectivity index (χ3n) is 1.91. The minimum Gasteiger partial charge on any atom is -0.384 e. The van der Waals surface area contributed by atoms with Crippen LogP contribution in [0.3, 0.4) is 0 Å². The Morgan fingerprint density at radius 1 is 1.43 bits per heavy atom. The molecule has 0 heterocycles. The fraction of sp³-hybridized carbons (Fsp3) is 0.364. The van der Waals surface area contributed by atoms with Crippen LogP contribution in [0.2, 0.25) is 0 Å². The number of hydrogen-bond donors (Lipinski definition) is 1. The van der Waals surface area contributed by atoms with Crippen LogP contribution < -0.4 is 5.32 Å². The summed E-state index contributed by atoms with van der Waals surface area (Å²) in [5, 5.41) is 3.25. The van der Waals surface area contributed by atoms with Crippen LogP contribution in [-0.4, -0.2) is 38.4 Å². The van der Waals surface area contributed by atoms with E-state index in [0.717, 1.165) is 25.1 Å². The maximum absolute atomic E-state index is 10.5. The van der Waals surface area contributed by atoms with E-state index in [1.807, 2.05) is 32.3 Å². The Kier molecular flexibility index (Phi) is 4.13. The monoisotopic (exact) mass is 192 g/mol. The molecule has 1 aromatic rings. The van der Waals surface area contributed by atoms with Gasteiger partial charge in [-0.05, 0) is 26.2 Å². The van der Waals surface area contributed by atoms with Crippen LogP contribution in [0, 0.1) is 0 Å². The maximum Gasteiger partial charge on any atom is 0.150 e. The molecule has 0 unspecified atom stereocenters. The average molecular weight is 192 g/mol. The van der Waals surface area contributed by atoms with Crippen LogP contribution in [0.15, 0.2) is 24.3 Å². The van der Waals surface area contributed by atoms with Gasteiger partial charge in [0.15, 0.2) is 0 Å². The first-order valence-electron chi connectivity index (χ1n) is 4.66. The summed E-state index contributed by atoms with van der Waals surface area (Å²) in [4.78, 5) is 12.6. The maximum atomic E-state index is 10.5. The number of likely N-dealkylation sites (N-methyl/N-ethyl adjacent to an activating group) is 1. The Hall–Kier alpha value is -1.35. The minimum absolute atomic E-state index is 0.708. The second-order valence-corrected chi connectivity index (χ2v) is 3.47. The van der Waals surface area contributed by atoms with E-state index in [-0.39, 0.29) is 0 Å². The second-order valence-electron chi connectivity index (χ2n) is 3.47. The van der Waals surface area contributed by atoms with Gasteiger partial charge >= 0.3 is 0 Å². The summed E-state index contributed by atoms with van der Waals surface area (Å²) < 4.78 is 0. The van der Waals surface area contributed by atoms with Gasteiger partial charge in [-0.1, -0.05) is 12.1 Å². The van der Waals surface area contributed by atoms with Gasteiger partial charge in [-0.25, -0.2) is 0 Å². The lowest BCUT2D eigenvalue weighted by Gasteiger charge is -2.11. The van der Waals surface area contributed by atoms with E-state index in [1.165, 1.54) is 0 Å². The predicted octanol–water partition coefficient (Wildman–Crippen LogP) is 1.47. The van der Waals surface area contributed by atoms with Gasteiger partial charge in [-0.3, -0.25) is 4.79 Å². The van der Waals surface area contributed by atoms with Gasteiger partial charge < -0.3 is 10.2 Å². The Morgan fingerprint density at radius 3 is 2.86 bits per heavy atom. The molecule has 0 aliphatic carbocycles. The highest BCUT2D eigenvalue weighted by Crippen LogP contribution is 2.08. The molecule has 0 atom stereocenters. The summed E-state index contributed by atoms with van der Waals surface area (Å²) >= 11 is 0. The first-order chi connectivity index (χ1) is 6.72. The number of nitrogens with zero attached hydrogens (tertiary/aromatic N) is 1. The summed E-state index contributed by atoms with van der Waals surface area (Å²) in [6.45, 7) is 1.86. The molecule has 0 aliphatic heterocycles. The van der Waals surface area contributed by atoms with Crippen molar-refractivity contribution in [1.29, 1.82) is 0 Å². The fourth-order valence-corrected chi connectivity index (χ4v) is 1.15. The van der Waals surface area contributed by atoms with E-state index in [1.54, 1.807) is 6.07 Å². The molecule has 76 valence electrons. The van der Waals surface area contributed by atoms with Gasteiger partial charge in [0.05, 0.1) is 0 Å². The number of carbonyl (C=O) groups excluding carboxylic acids is 1. The van der Waals surface area contributed by atoms with Crippen LogP contribution in [0.1, 0.15) is 10.4 Å². The van der Waals surface area contributed by atoms with Crippen molar-refractivity contribution in [2.75, 3.05) is 32.5 Å². The van der Waals surface area contributed by atoms with Crippen LogP contribution >= 0.6 is 0 Å². The van der Waals surface area contributed by atoms with Crippen molar-refractivity contribution >= 4 is 12.0 Å². The molecule has 1 aromatic carbocycles. The van der Waals surface area contributed by atoms with Gasteiger partial charge in [0.1, 0.15) is 6.29 Å². The lowest BCUT2D eigenvalue weighted by molar-refractivity contribution is 0.112. The molecule has 1 rings (SSSR count). The molecule has 0 saturated carbocycles. The van der Waals surface area contributed by atoms with Gasteiger partial charge in [0, 0.05) is 24.3 Å². The average Bonchev–Trinajstić information content (AvgIpc) is 2.18. The Balaban J connectivity index is 2.46. The van der Waals surface area contributed by atoms with Crippen LogP contribution in [0.25, 0.3) is 0 Å². The number of hydrogen-bond acceptors (Lipinski definition) is 3. The van der Waals surface area contributed by atoms with Crippen molar-refractivity contribution in [3.05, 3.63) is 29.8 Å². The molecule has 0 radical (unpaired) electrons. The predicted molar refractivity (Wildman–Crippen MR) is 58.9 cm³/mol. The number of benzene rings is 1. The normalized spacial score (nSPS) is 10.2. The molecule has 0 bridgehead atoms. The molecule has 0 fully saturated rings. The lowest BCUT2D eigenvalue weighted by Crippen LogP contribution is -2.20. The van der Waals surface area contributed by atoms with E-state index in [9.17, 15) is 4.79 Å². The third kappa shape index (κ3) is 3.58. The van der Waals surface area contributed by atoms with E-state index >= 15 is 0 Å². The number of rotatable bonds is 5. The number of carbonyl (C=O) groups is 1. The molecular weight excluding hydrogens is 176 g/mol. The number of anilines is 1. The summed E-state index contributed by atoms with van der Waals surface area (Å²) in [6, 6.07) is 7.48. The number of nitrogens with one attached hydrogen (secondary N) is 1. The lowest BCUT2D eigenvalue weighted by atomic mass is 10.2. The first kappa shape index (κ1) is 10.7. The van der Waals surface area contributed by atoms with E-state index in [4.69, 9.17) is 0 Å². The molecule has 0 aliphatic rings. The zero-order valence-electron chi connectivity index (χ0n) is 8.66. The SMILES string of the molecule is CN(C)CCNc1cccc(C=O)c1. The molecular formula is C11H16N2O. The highest BCUT2D eigenvalue weighted by molar-refractivity contribution is 5.76. The third-order valence-corrected chi connectivity index (χ3v) is 1.91. The zero-order chi connectivity index (χ0) is 10.4. The Labute approximate surface area is 84.7 Å². The van der Waals surface area contributed by atoms with Gasteiger partial charge in [-0.15, -0.1) is 0 Å². The molecule has 3 heteroatoms. The number of aldehydes is 1. The molecule has 1 N–H and O–H groups in total. The molecule has 0 amide bonds. The smallest absolute Gasteiger partial charge is 0.150 e. The van der Waals surface area contributed by atoms with Gasteiger partial charge in [0.25, 0.3) is 0 Å².